The van der Waals surface area contributed by atoms with Crippen LogP contribution < -0.4 is 5.73 Å². The quantitative estimate of drug-likeness (QED) is 0.496. The second-order valence-corrected chi connectivity index (χ2v) is 4.75. The number of nitrogens with zero attached hydrogens (tertiary/aromatic N) is 2. The Morgan fingerprint density at radius 1 is 1.50 bits per heavy atom. The largest absolute Gasteiger partial charge is 0.460 e. The number of rotatable bonds is 3. The van der Waals surface area contributed by atoms with Crippen LogP contribution in [0, 0.1) is 3.57 Å². The Bertz CT molecular complexity index is 562. The van der Waals surface area contributed by atoms with Gasteiger partial charge in [-0.1, -0.05) is 0 Å². The molecule has 0 radical (unpaired) electrons. The number of aromatic nitrogens is 3. The lowest BCUT2D eigenvalue weighted by atomic mass is 10.2. The van der Waals surface area contributed by atoms with Gasteiger partial charge in [-0.3, -0.25) is 5.10 Å². The number of hydrogen-bond acceptors (Lipinski definition) is 5. The SMILES string of the molecule is CCOC(=O)c1nc(-c2cc(N)cc(I)c2)n[nH]1. The first-order chi connectivity index (χ1) is 8.60. The van der Waals surface area contributed by atoms with Crippen molar-refractivity contribution >= 4 is 34.2 Å². The Morgan fingerprint density at radius 3 is 2.94 bits per heavy atom. The molecule has 0 saturated carbocycles. The van der Waals surface area contributed by atoms with E-state index in [1.807, 2.05) is 12.1 Å². The summed E-state index contributed by atoms with van der Waals surface area (Å²) in [6.45, 7) is 2.03. The van der Waals surface area contributed by atoms with Gasteiger partial charge in [-0.05, 0) is 47.7 Å². The highest BCUT2D eigenvalue weighted by Gasteiger charge is 2.14. The molecule has 0 aliphatic heterocycles. The minimum absolute atomic E-state index is 0.0873. The molecule has 18 heavy (non-hydrogen) atoms. The summed E-state index contributed by atoms with van der Waals surface area (Å²) in [5.41, 5.74) is 7.13. The lowest BCUT2D eigenvalue weighted by Gasteiger charge is -1.99. The molecule has 0 bridgehead atoms. The van der Waals surface area contributed by atoms with E-state index in [1.165, 1.54) is 0 Å². The molecule has 0 amide bonds. The topological polar surface area (TPSA) is 93.9 Å². The molecule has 0 fully saturated rings. The van der Waals surface area contributed by atoms with Gasteiger partial charge in [-0.15, -0.1) is 0 Å². The van der Waals surface area contributed by atoms with Crippen molar-refractivity contribution < 1.29 is 9.53 Å². The number of carbonyl (C=O) groups excluding carboxylic acids is 1. The van der Waals surface area contributed by atoms with E-state index >= 15 is 0 Å². The highest BCUT2D eigenvalue weighted by Crippen LogP contribution is 2.21. The average Bonchev–Trinajstić information content (AvgIpc) is 2.77. The highest BCUT2D eigenvalue weighted by atomic mass is 127. The van der Waals surface area contributed by atoms with E-state index in [4.69, 9.17) is 10.5 Å². The molecule has 0 saturated heterocycles. The van der Waals surface area contributed by atoms with Crippen LogP contribution in [-0.2, 0) is 4.74 Å². The number of nitrogens with one attached hydrogen (secondary N) is 1. The zero-order valence-electron chi connectivity index (χ0n) is 9.61. The van der Waals surface area contributed by atoms with Gasteiger partial charge < -0.3 is 10.5 Å². The van der Waals surface area contributed by atoms with Crippen molar-refractivity contribution in [3.63, 3.8) is 0 Å². The van der Waals surface area contributed by atoms with Crippen LogP contribution in [0.2, 0.25) is 0 Å². The van der Waals surface area contributed by atoms with Crippen molar-refractivity contribution in [2.24, 2.45) is 0 Å². The third-order valence-electron chi connectivity index (χ3n) is 2.13. The van der Waals surface area contributed by atoms with Crippen molar-refractivity contribution in [3.8, 4) is 11.4 Å². The molecule has 1 heterocycles. The fourth-order valence-corrected chi connectivity index (χ4v) is 2.12. The third-order valence-corrected chi connectivity index (χ3v) is 2.76. The van der Waals surface area contributed by atoms with E-state index in [2.05, 4.69) is 37.8 Å². The molecule has 2 rings (SSSR count). The van der Waals surface area contributed by atoms with Crippen LogP contribution in [0.4, 0.5) is 5.69 Å². The number of nitrogen functional groups attached to an aromatic ring is 1. The summed E-state index contributed by atoms with van der Waals surface area (Å²) in [7, 11) is 0. The Balaban J connectivity index is 2.32. The maximum Gasteiger partial charge on any atom is 0.375 e. The van der Waals surface area contributed by atoms with E-state index in [9.17, 15) is 4.79 Å². The van der Waals surface area contributed by atoms with Crippen molar-refractivity contribution in [3.05, 3.63) is 27.6 Å². The van der Waals surface area contributed by atoms with Gasteiger partial charge >= 0.3 is 5.97 Å². The molecule has 0 unspecified atom stereocenters. The van der Waals surface area contributed by atoms with Crippen LogP contribution in [0.15, 0.2) is 18.2 Å². The number of ether oxygens (including phenoxy) is 1. The Kier molecular flexibility index (Phi) is 3.80. The van der Waals surface area contributed by atoms with Crippen LogP contribution in [-0.4, -0.2) is 27.8 Å². The molecular weight excluding hydrogens is 347 g/mol. The van der Waals surface area contributed by atoms with Crippen molar-refractivity contribution in [1.29, 1.82) is 0 Å². The normalized spacial score (nSPS) is 10.3. The fraction of sp³-hybridized carbons (Fsp3) is 0.182. The van der Waals surface area contributed by atoms with Gasteiger partial charge in [-0.25, -0.2) is 9.78 Å². The molecule has 3 N–H and O–H groups in total. The summed E-state index contributed by atoms with van der Waals surface area (Å²) in [6.07, 6.45) is 0. The second kappa shape index (κ2) is 5.34. The summed E-state index contributed by atoms with van der Waals surface area (Å²) in [5.74, 6) is -0.0117. The molecule has 0 spiro atoms. The van der Waals surface area contributed by atoms with Gasteiger partial charge in [-0.2, -0.15) is 5.10 Å². The zero-order valence-corrected chi connectivity index (χ0v) is 11.8. The number of aromatic amines is 1. The maximum absolute atomic E-state index is 11.4. The number of halogens is 1. The summed E-state index contributed by atoms with van der Waals surface area (Å²) in [6, 6.07) is 5.47. The first-order valence-corrected chi connectivity index (χ1v) is 6.34. The number of anilines is 1. The molecule has 1 aromatic heterocycles. The first-order valence-electron chi connectivity index (χ1n) is 5.26. The first kappa shape index (κ1) is 12.8. The Morgan fingerprint density at radius 2 is 2.28 bits per heavy atom. The molecule has 1 aromatic carbocycles. The van der Waals surface area contributed by atoms with Crippen LogP contribution in [0.1, 0.15) is 17.5 Å². The zero-order chi connectivity index (χ0) is 13.1. The summed E-state index contributed by atoms with van der Waals surface area (Å²) < 4.78 is 5.80. The van der Waals surface area contributed by atoms with Crippen molar-refractivity contribution in [1.82, 2.24) is 15.2 Å². The number of nitrogens with two attached hydrogens (primary N) is 1. The molecule has 0 atom stereocenters. The molecule has 2 aromatic rings. The molecular formula is C11H11IN4O2. The molecule has 6 nitrogen and oxygen atoms in total. The minimum Gasteiger partial charge on any atom is -0.460 e. The number of carbonyl (C=O) groups is 1. The van der Waals surface area contributed by atoms with E-state index in [0.29, 0.717) is 18.1 Å². The predicted octanol–water partition coefficient (Wildman–Crippen LogP) is 1.84. The van der Waals surface area contributed by atoms with Gasteiger partial charge in [0.1, 0.15) is 0 Å². The van der Waals surface area contributed by atoms with Crippen molar-refractivity contribution in [2.75, 3.05) is 12.3 Å². The fourth-order valence-electron chi connectivity index (χ4n) is 1.42. The molecule has 7 heteroatoms. The van der Waals surface area contributed by atoms with Crippen molar-refractivity contribution in [2.45, 2.75) is 6.92 Å². The van der Waals surface area contributed by atoms with E-state index in [0.717, 1.165) is 9.13 Å². The van der Waals surface area contributed by atoms with Gasteiger partial charge in [0.05, 0.1) is 6.61 Å². The average molecular weight is 358 g/mol. The second-order valence-electron chi connectivity index (χ2n) is 3.50. The number of hydrogen-bond donors (Lipinski definition) is 2. The summed E-state index contributed by atoms with van der Waals surface area (Å²) in [4.78, 5) is 15.5. The van der Waals surface area contributed by atoms with Crippen LogP contribution >= 0.6 is 22.6 Å². The number of esters is 1. The van der Waals surface area contributed by atoms with E-state index in [1.54, 1.807) is 13.0 Å². The summed E-state index contributed by atoms with van der Waals surface area (Å²) >= 11 is 2.15. The Hall–Kier alpha value is -1.64. The minimum atomic E-state index is -0.519. The molecule has 0 aliphatic rings. The van der Waals surface area contributed by atoms with Gasteiger partial charge in [0, 0.05) is 14.8 Å². The Labute approximate surface area is 117 Å². The lowest BCUT2D eigenvalue weighted by molar-refractivity contribution is 0.0512. The monoisotopic (exact) mass is 358 g/mol. The van der Waals surface area contributed by atoms with Crippen LogP contribution in [0.3, 0.4) is 0 Å². The summed E-state index contributed by atoms with van der Waals surface area (Å²) in [5, 5.41) is 6.52. The molecule has 94 valence electrons. The predicted molar refractivity (Wildman–Crippen MR) is 74.9 cm³/mol. The highest BCUT2D eigenvalue weighted by molar-refractivity contribution is 14.1. The van der Waals surface area contributed by atoms with Gasteiger partial charge in [0.25, 0.3) is 0 Å². The number of benzene rings is 1. The standard InChI is InChI=1S/C11H11IN4O2/c1-2-18-11(17)10-14-9(15-16-10)6-3-7(12)5-8(13)4-6/h3-5H,2,13H2,1H3,(H,14,15,16). The van der Waals surface area contributed by atoms with Gasteiger partial charge in [0.15, 0.2) is 5.82 Å². The van der Waals surface area contributed by atoms with Crippen LogP contribution in [0.25, 0.3) is 11.4 Å². The van der Waals surface area contributed by atoms with E-state index < -0.39 is 5.97 Å². The molecule has 0 aliphatic carbocycles. The smallest absolute Gasteiger partial charge is 0.375 e. The van der Waals surface area contributed by atoms with Gasteiger partial charge in [0.2, 0.25) is 5.82 Å². The maximum atomic E-state index is 11.4. The van der Waals surface area contributed by atoms with Crippen LogP contribution in [0.5, 0.6) is 0 Å². The number of H-pyrrole nitrogens is 1. The van der Waals surface area contributed by atoms with E-state index in [-0.39, 0.29) is 5.82 Å². The lowest BCUT2D eigenvalue weighted by Crippen LogP contribution is -2.06. The third kappa shape index (κ3) is 2.78.